The summed E-state index contributed by atoms with van der Waals surface area (Å²) in [5.74, 6) is 0. The maximum absolute atomic E-state index is 10.6. The van der Waals surface area contributed by atoms with Crippen molar-refractivity contribution in [3.63, 3.8) is 0 Å². The van der Waals surface area contributed by atoms with Crippen LogP contribution in [0.3, 0.4) is 0 Å². The minimum absolute atomic E-state index is 0.0885. The highest BCUT2D eigenvalue weighted by Gasteiger charge is 2.34. The summed E-state index contributed by atoms with van der Waals surface area (Å²) in [6.45, 7) is -0.251. The van der Waals surface area contributed by atoms with Crippen LogP contribution in [0.1, 0.15) is 12.6 Å². The molecule has 1 aliphatic rings. The van der Waals surface area contributed by atoms with Crippen molar-refractivity contribution in [2.45, 2.75) is 24.9 Å². The van der Waals surface area contributed by atoms with Crippen LogP contribution in [-0.2, 0) is 4.74 Å². The minimum Gasteiger partial charge on any atom is -0.733 e. The first-order valence-corrected chi connectivity index (χ1v) is 4.90. The molecule has 0 aliphatic carbocycles. The Morgan fingerprint density at radius 2 is 2.38 bits per heavy atom. The molecule has 3 N–H and O–H groups in total. The zero-order chi connectivity index (χ0) is 11.7. The molecule has 16 heavy (non-hydrogen) atoms. The normalized spacial score (nSPS) is 29.6. The van der Waals surface area contributed by atoms with Gasteiger partial charge >= 0.3 is 0 Å². The Morgan fingerprint density at radius 1 is 1.62 bits per heavy atom. The van der Waals surface area contributed by atoms with Gasteiger partial charge in [0, 0.05) is 18.8 Å². The average Bonchev–Trinajstić information content (AvgIpc) is 2.83. The Balaban J connectivity index is 2.08. The fourth-order valence-electron chi connectivity index (χ4n) is 1.76. The fourth-order valence-corrected chi connectivity index (χ4v) is 1.76. The maximum atomic E-state index is 10.6. The second kappa shape index (κ2) is 4.40. The summed E-state index contributed by atoms with van der Waals surface area (Å²) in [5.41, 5.74) is 0.0885. The number of aliphatic hydroxyl groups is 2. The van der Waals surface area contributed by atoms with E-state index in [9.17, 15) is 10.3 Å². The standard InChI is InChI=1S/C9H13N2O5/c12-5-8-7(13)3-9(16-8)10-2-1-6(4-10)11(14)15/h1-2,4,7-9,12-14H,3,5H2/q-1. The quantitative estimate of drug-likeness (QED) is 0.622. The van der Waals surface area contributed by atoms with Crippen LogP contribution in [0.4, 0.5) is 5.69 Å². The topological polar surface area (TPSA) is 101 Å². The Bertz CT molecular complexity index is 353. The molecule has 1 fully saturated rings. The third kappa shape index (κ3) is 2.04. The van der Waals surface area contributed by atoms with Crippen LogP contribution in [0.2, 0.25) is 0 Å². The fraction of sp³-hybridized carbons (Fsp3) is 0.556. The second-order valence-corrected chi connectivity index (χ2v) is 3.70. The van der Waals surface area contributed by atoms with Gasteiger partial charge in [-0.1, -0.05) is 0 Å². The van der Waals surface area contributed by atoms with E-state index in [0.717, 1.165) is 0 Å². The first kappa shape index (κ1) is 11.4. The van der Waals surface area contributed by atoms with Gasteiger partial charge in [0.15, 0.2) is 0 Å². The van der Waals surface area contributed by atoms with Gasteiger partial charge in [0.1, 0.15) is 12.3 Å². The lowest BCUT2D eigenvalue weighted by molar-refractivity contribution is -0.0442. The van der Waals surface area contributed by atoms with Crippen LogP contribution in [0, 0.1) is 5.21 Å². The highest BCUT2D eigenvalue weighted by atomic mass is 16.8. The largest absolute Gasteiger partial charge is 0.733 e. The van der Waals surface area contributed by atoms with Crippen LogP contribution < -0.4 is 5.23 Å². The van der Waals surface area contributed by atoms with Gasteiger partial charge in [-0.15, -0.1) is 0 Å². The van der Waals surface area contributed by atoms with Crippen LogP contribution in [0.15, 0.2) is 18.5 Å². The molecule has 3 atom stereocenters. The van der Waals surface area contributed by atoms with E-state index in [-0.39, 0.29) is 17.5 Å². The number of hydrogen-bond acceptors (Lipinski definition) is 6. The van der Waals surface area contributed by atoms with Crippen LogP contribution in [0.25, 0.3) is 0 Å². The van der Waals surface area contributed by atoms with Crippen molar-refractivity contribution >= 4 is 5.69 Å². The smallest absolute Gasteiger partial charge is 0.136 e. The van der Waals surface area contributed by atoms with E-state index >= 15 is 0 Å². The predicted molar refractivity (Wildman–Crippen MR) is 53.7 cm³/mol. The number of anilines is 1. The molecule has 1 saturated heterocycles. The van der Waals surface area contributed by atoms with Crippen molar-refractivity contribution in [3.8, 4) is 0 Å². The number of aliphatic hydroxyl groups excluding tert-OH is 2. The Labute approximate surface area is 91.6 Å². The highest BCUT2D eigenvalue weighted by molar-refractivity contribution is 5.42. The van der Waals surface area contributed by atoms with Gasteiger partial charge < -0.3 is 30.0 Å². The summed E-state index contributed by atoms with van der Waals surface area (Å²) in [6.07, 6.45) is 1.55. The molecule has 3 unspecified atom stereocenters. The van der Waals surface area contributed by atoms with Crippen molar-refractivity contribution in [2.75, 3.05) is 11.8 Å². The van der Waals surface area contributed by atoms with E-state index in [4.69, 9.17) is 15.1 Å². The van der Waals surface area contributed by atoms with Crippen LogP contribution >= 0.6 is 0 Å². The number of aromatic nitrogens is 1. The van der Waals surface area contributed by atoms with Gasteiger partial charge in [0.05, 0.1) is 18.4 Å². The van der Waals surface area contributed by atoms with Gasteiger partial charge in [0.25, 0.3) is 0 Å². The number of nitrogens with zero attached hydrogens (tertiary/aromatic N) is 2. The Hall–Kier alpha value is -1.12. The summed E-state index contributed by atoms with van der Waals surface area (Å²) >= 11 is 0. The Kier molecular flexibility index (Phi) is 3.13. The first-order valence-electron chi connectivity index (χ1n) is 4.90. The van der Waals surface area contributed by atoms with Gasteiger partial charge in [-0.05, 0) is 6.07 Å². The molecule has 0 aromatic carbocycles. The summed E-state index contributed by atoms with van der Waals surface area (Å²) < 4.78 is 6.93. The zero-order valence-electron chi connectivity index (χ0n) is 8.43. The molecule has 0 spiro atoms. The molecule has 7 nitrogen and oxygen atoms in total. The third-order valence-electron chi connectivity index (χ3n) is 2.64. The van der Waals surface area contributed by atoms with Crippen molar-refractivity contribution in [1.29, 1.82) is 0 Å². The summed E-state index contributed by atoms with van der Waals surface area (Å²) in [6, 6.07) is 1.43. The van der Waals surface area contributed by atoms with E-state index in [1.807, 2.05) is 0 Å². The average molecular weight is 229 g/mol. The van der Waals surface area contributed by atoms with Crippen molar-refractivity contribution in [2.24, 2.45) is 0 Å². The summed E-state index contributed by atoms with van der Waals surface area (Å²) in [7, 11) is 0. The molecular weight excluding hydrogens is 216 g/mol. The summed E-state index contributed by atoms with van der Waals surface area (Å²) in [5, 5.41) is 37.4. The second-order valence-electron chi connectivity index (χ2n) is 3.70. The molecule has 1 aromatic rings. The molecule has 7 heteroatoms. The first-order chi connectivity index (χ1) is 7.61. The SMILES string of the molecule is [O-]N(O)c1ccn(C2CC(O)C(CO)O2)c1. The molecular formula is C9H13N2O5-. The van der Waals surface area contributed by atoms with Crippen LogP contribution in [0.5, 0.6) is 0 Å². The van der Waals surface area contributed by atoms with Crippen molar-refractivity contribution in [1.82, 2.24) is 4.57 Å². The third-order valence-corrected chi connectivity index (χ3v) is 2.64. The lowest BCUT2D eigenvalue weighted by Gasteiger charge is -2.19. The van der Waals surface area contributed by atoms with Gasteiger partial charge in [-0.3, -0.25) is 5.21 Å². The highest BCUT2D eigenvalue weighted by Crippen LogP contribution is 2.29. The van der Waals surface area contributed by atoms with Gasteiger partial charge in [-0.25, -0.2) is 0 Å². The van der Waals surface area contributed by atoms with E-state index in [0.29, 0.717) is 6.42 Å². The maximum Gasteiger partial charge on any atom is 0.136 e. The number of ether oxygens (including phenoxy) is 1. The monoisotopic (exact) mass is 229 g/mol. The lowest BCUT2D eigenvalue weighted by Crippen LogP contribution is -2.24. The number of hydrogen-bond donors (Lipinski definition) is 3. The molecule has 90 valence electrons. The molecule has 0 radical (unpaired) electrons. The molecule has 2 rings (SSSR count). The van der Waals surface area contributed by atoms with E-state index in [1.54, 1.807) is 10.8 Å². The molecule has 1 aromatic heterocycles. The lowest BCUT2D eigenvalue weighted by atomic mass is 10.2. The Morgan fingerprint density at radius 3 is 2.88 bits per heavy atom. The minimum atomic E-state index is -0.724. The van der Waals surface area contributed by atoms with Crippen molar-refractivity contribution in [3.05, 3.63) is 23.7 Å². The molecule has 1 aliphatic heterocycles. The molecule has 2 heterocycles. The molecule has 0 amide bonds. The molecule has 0 bridgehead atoms. The zero-order valence-corrected chi connectivity index (χ0v) is 8.43. The molecule has 0 saturated carbocycles. The summed E-state index contributed by atoms with van der Waals surface area (Å²) in [4.78, 5) is 0. The number of rotatable bonds is 3. The predicted octanol–water partition coefficient (Wildman–Crippen LogP) is -0.178. The van der Waals surface area contributed by atoms with E-state index in [2.05, 4.69) is 0 Å². The van der Waals surface area contributed by atoms with E-state index < -0.39 is 18.4 Å². The van der Waals surface area contributed by atoms with E-state index in [1.165, 1.54) is 12.3 Å². The van der Waals surface area contributed by atoms with Gasteiger partial charge in [-0.2, -0.15) is 0 Å². The van der Waals surface area contributed by atoms with Crippen molar-refractivity contribution < 1.29 is 20.2 Å². The van der Waals surface area contributed by atoms with Crippen LogP contribution in [-0.4, -0.2) is 38.8 Å². The van der Waals surface area contributed by atoms with Gasteiger partial charge in [0.2, 0.25) is 0 Å².